The van der Waals surface area contributed by atoms with Crippen molar-refractivity contribution in [2.45, 2.75) is 65.0 Å². The van der Waals surface area contributed by atoms with Crippen LogP contribution in [0.1, 0.15) is 39.7 Å². The number of aromatic hydroxyl groups is 2. The molecule has 1 aromatic rings. The first-order valence-electron chi connectivity index (χ1n) is 13.8. The molecule has 2 bridgehead atoms. The number of nitrogens with one attached hydrogen (secondary N) is 2. The summed E-state index contributed by atoms with van der Waals surface area (Å²) >= 11 is 0. The maximum atomic E-state index is 13.0. The molecule has 2 amide bonds. The number of halogens is 1. The molecular formula is C30H43FN4O8. The number of benzene rings is 1. The van der Waals surface area contributed by atoms with Gasteiger partial charge in [-0.25, -0.2) is 15.0 Å². The number of hydrogen-bond acceptors (Lipinski definition) is 10. The van der Waals surface area contributed by atoms with E-state index in [2.05, 4.69) is 10.3 Å². The van der Waals surface area contributed by atoms with Crippen molar-refractivity contribution >= 4 is 29.6 Å². The minimum Gasteiger partial charge on any atom is -0.506 e. The first kappa shape index (κ1) is 35.4. The molecule has 0 unspecified atom stereocenters. The number of aliphatic hydroxyl groups is 1. The van der Waals surface area contributed by atoms with E-state index in [1.54, 1.807) is 39.0 Å². The highest BCUT2D eigenvalue weighted by Crippen LogP contribution is 2.44. The Morgan fingerprint density at radius 3 is 2.56 bits per heavy atom. The van der Waals surface area contributed by atoms with Gasteiger partial charge in [0, 0.05) is 43.6 Å². The summed E-state index contributed by atoms with van der Waals surface area (Å²) in [5, 5.41) is 35.7. The highest BCUT2D eigenvalue weighted by molar-refractivity contribution is 6.04. The number of allylic oxidation sites excluding steroid dienone is 2. The number of amides is 2. The number of nitrogens with two attached hydrogens (primary N) is 1. The number of aliphatic hydroxyl groups excluding tert-OH is 1. The number of alkyl halides is 1. The maximum Gasteiger partial charge on any atom is 0.422 e. The summed E-state index contributed by atoms with van der Waals surface area (Å²) in [6.45, 7) is 6.01. The van der Waals surface area contributed by atoms with Gasteiger partial charge >= 0.3 is 6.09 Å². The van der Waals surface area contributed by atoms with Crippen LogP contribution in [0.15, 0.2) is 46.5 Å². The van der Waals surface area contributed by atoms with Gasteiger partial charge in [-0.05, 0) is 38.2 Å². The number of carbonyl (C=O) groups excluding carboxylic acids is 2. The summed E-state index contributed by atoms with van der Waals surface area (Å²) < 4.78 is 29.6. The average Bonchev–Trinajstić information content (AvgIpc) is 2.97. The second-order valence-corrected chi connectivity index (χ2v) is 10.5. The van der Waals surface area contributed by atoms with Crippen LogP contribution in [0.4, 0.5) is 20.6 Å². The van der Waals surface area contributed by atoms with E-state index in [0.717, 1.165) is 12.3 Å². The van der Waals surface area contributed by atoms with Crippen LogP contribution in [0.5, 0.6) is 11.5 Å². The van der Waals surface area contributed by atoms with Gasteiger partial charge in [-0.1, -0.05) is 38.2 Å². The Labute approximate surface area is 251 Å². The third-order valence-corrected chi connectivity index (χ3v) is 7.20. The summed E-state index contributed by atoms with van der Waals surface area (Å²) in [5.41, 5.74) is 2.84. The number of nitrogens with zero attached hydrogens (tertiary/aromatic N) is 1. The van der Waals surface area contributed by atoms with Crippen LogP contribution in [0.3, 0.4) is 0 Å². The lowest BCUT2D eigenvalue weighted by Gasteiger charge is -2.29. The number of rotatable bonds is 5. The average molecular weight is 607 g/mol. The molecular weight excluding hydrogens is 563 g/mol. The third kappa shape index (κ3) is 9.61. The summed E-state index contributed by atoms with van der Waals surface area (Å²) in [4.78, 5) is 29.1. The maximum absolute atomic E-state index is 13.0. The molecule has 7 N–H and O–H groups in total. The smallest absolute Gasteiger partial charge is 0.422 e. The minimum atomic E-state index is -0.993. The molecule has 0 saturated carbocycles. The quantitative estimate of drug-likeness (QED) is 0.0553. The Bertz CT molecular complexity index is 1250. The first-order valence-corrected chi connectivity index (χ1v) is 13.8. The van der Waals surface area contributed by atoms with Crippen molar-refractivity contribution < 1.29 is 43.5 Å². The lowest BCUT2D eigenvalue weighted by Crippen LogP contribution is -2.40. The Hall–Kier alpha value is -3.78. The molecule has 2 rings (SSSR count). The van der Waals surface area contributed by atoms with Crippen molar-refractivity contribution in [3.8, 4) is 11.5 Å². The second-order valence-electron chi connectivity index (χ2n) is 10.5. The highest BCUT2D eigenvalue weighted by atomic mass is 19.1. The van der Waals surface area contributed by atoms with Crippen LogP contribution in [0.2, 0.25) is 0 Å². The zero-order chi connectivity index (χ0) is 32.3. The molecule has 13 heteroatoms. The Morgan fingerprint density at radius 1 is 1.26 bits per heavy atom. The molecule has 0 radical (unpaired) electrons. The molecule has 12 nitrogen and oxygen atoms in total. The molecule has 0 fully saturated rings. The van der Waals surface area contributed by atoms with Gasteiger partial charge in [0.05, 0.1) is 17.9 Å². The van der Waals surface area contributed by atoms with Gasteiger partial charge in [-0.2, -0.15) is 0 Å². The Kier molecular flexibility index (Phi) is 13.8. The number of hydrazine groups is 1. The molecule has 0 spiro atoms. The number of ether oxygens (including phenoxy) is 3. The summed E-state index contributed by atoms with van der Waals surface area (Å²) in [6.07, 6.45) is 3.50. The molecule has 1 aliphatic heterocycles. The zero-order valence-corrected chi connectivity index (χ0v) is 25.3. The number of aliphatic imine (C=N–C) groups is 1. The standard InChI is InChI=1S/C30H43FN4O8/c1-16-12-20-25(33-11-10-31)22(36)15-21(27(20)38)34-29(39)17(2)8-7-9-23(41-5)28(43-30(40)35-32)19(4)14-18(3)26(37)24(13-16)42-6/h7-9,11,14-16,18,23-24,26,28,36-38H,10,12-13,32H2,1-6H3,(H,34,39)(H,35,40)/b9-7?,17-8+,19-14+,33-11?/t16-,18+,23+,24+,26-,28+/m1/s1. The molecule has 6 atom stereocenters. The van der Waals surface area contributed by atoms with E-state index in [1.807, 2.05) is 12.3 Å². The van der Waals surface area contributed by atoms with Gasteiger partial charge in [-0.3, -0.25) is 15.2 Å². The van der Waals surface area contributed by atoms with Crippen LogP contribution in [0, 0.1) is 11.8 Å². The van der Waals surface area contributed by atoms with Gasteiger partial charge in [0.15, 0.2) is 6.10 Å². The van der Waals surface area contributed by atoms with Crippen LogP contribution in [0.25, 0.3) is 0 Å². The molecule has 1 heterocycles. The van der Waals surface area contributed by atoms with Crippen molar-refractivity contribution in [1.82, 2.24) is 5.43 Å². The Morgan fingerprint density at radius 2 is 1.95 bits per heavy atom. The molecule has 238 valence electrons. The largest absolute Gasteiger partial charge is 0.506 e. The predicted octanol–water partition coefficient (Wildman–Crippen LogP) is 3.73. The predicted molar refractivity (Wildman–Crippen MR) is 161 cm³/mol. The van der Waals surface area contributed by atoms with E-state index in [1.165, 1.54) is 20.3 Å². The number of hydrogen-bond donors (Lipinski definition) is 6. The van der Waals surface area contributed by atoms with Crippen molar-refractivity contribution in [3.63, 3.8) is 0 Å². The van der Waals surface area contributed by atoms with E-state index < -0.39 is 49.0 Å². The molecule has 0 saturated heterocycles. The number of fused-ring (bicyclic) bond motifs is 2. The highest BCUT2D eigenvalue weighted by Gasteiger charge is 2.30. The first-order chi connectivity index (χ1) is 20.4. The second kappa shape index (κ2) is 16.8. The lowest BCUT2D eigenvalue weighted by atomic mass is 9.87. The van der Waals surface area contributed by atoms with Crippen LogP contribution in [-0.2, 0) is 25.4 Å². The van der Waals surface area contributed by atoms with Crippen molar-refractivity contribution in [2.24, 2.45) is 22.7 Å². The van der Waals surface area contributed by atoms with E-state index in [-0.39, 0.29) is 46.3 Å². The van der Waals surface area contributed by atoms with Gasteiger partial charge < -0.3 is 34.8 Å². The van der Waals surface area contributed by atoms with Gasteiger partial charge in [0.1, 0.15) is 30.0 Å². The van der Waals surface area contributed by atoms with E-state index in [0.29, 0.717) is 12.0 Å². The number of phenolic OH excluding ortho intramolecular Hbond substituents is 2. The number of carbonyl (C=O) groups is 2. The molecule has 0 aromatic heterocycles. The number of methoxy groups -OCH3 is 2. The lowest BCUT2D eigenvalue weighted by molar-refractivity contribution is -0.112. The van der Waals surface area contributed by atoms with E-state index in [9.17, 15) is 29.3 Å². The summed E-state index contributed by atoms with van der Waals surface area (Å²) in [5.74, 6) is 3.26. The summed E-state index contributed by atoms with van der Waals surface area (Å²) in [6, 6.07) is 1.14. The van der Waals surface area contributed by atoms with Crippen LogP contribution in [-0.4, -0.2) is 78.8 Å². The van der Waals surface area contributed by atoms with Gasteiger partial charge in [0.2, 0.25) is 0 Å². The van der Waals surface area contributed by atoms with Gasteiger partial charge in [0.25, 0.3) is 5.91 Å². The minimum absolute atomic E-state index is 0.0271. The molecule has 0 aliphatic carbocycles. The van der Waals surface area contributed by atoms with Crippen LogP contribution < -0.4 is 16.6 Å². The Balaban J connectivity index is 2.69. The summed E-state index contributed by atoms with van der Waals surface area (Å²) in [7, 11) is 2.89. The SMILES string of the molecule is CO[C@H]1C=C/C=C(\C)C(=O)Nc2cc(O)c(N=CCF)c(c2O)C[C@@H](C)C[C@H](OC)[C@H](O)[C@@H](C)/C=C(\C)[C@@H]1OC(=O)NN. The number of anilines is 1. The molecule has 1 aromatic carbocycles. The fourth-order valence-corrected chi connectivity index (χ4v) is 4.89. The molecule has 43 heavy (non-hydrogen) atoms. The van der Waals surface area contributed by atoms with Crippen molar-refractivity contribution in [2.75, 3.05) is 26.2 Å². The topological polar surface area (TPSA) is 185 Å². The van der Waals surface area contributed by atoms with E-state index >= 15 is 0 Å². The molecule has 1 aliphatic rings. The van der Waals surface area contributed by atoms with Crippen molar-refractivity contribution in [3.05, 3.63) is 47.1 Å². The van der Waals surface area contributed by atoms with Crippen molar-refractivity contribution in [1.29, 1.82) is 0 Å². The van der Waals surface area contributed by atoms with Gasteiger partial charge in [-0.15, -0.1) is 0 Å². The third-order valence-electron chi connectivity index (χ3n) is 7.20. The zero-order valence-electron chi connectivity index (χ0n) is 25.3. The fourth-order valence-electron chi connectivity index (χ4n) is 4.89. The number of phenols is 2. The normalized spacial score (nSPS) is 28.4. The van der Waals surface area contributed by atoms with Crippen LogP contribution >= 0.6 is 0 Å². The van der Waals surface area contributed by atoms with E-state index in [4.69, 9.17) is 20.1 Å². The fraction of sp³-hybridized carbons (Fsp3) is 0.500. The monoisotopic (exact) mass is 606 g/mol.